The molecule has 0 fully saturated rings. The number of rotatable bonds is 10. The minimum Gasteiger partial charge on any atom is -0.480 e. The molecule has 1 rings (SSSR count). The van der Waals surface area contributed by atoms with Crippen LogP contribution in [0.2, 0.25) is 0 Å². The van der Waals surface area contributed by atoms with Gasteiger partial charge in [-0.1, -0.05) is 35.9 Å². The van der Waals surface area contributed by atoms with Gasteiger partial charge >= 0.3 is 5.97 Å². The van der Waals surface area contributed by atoms with Crippen molar-refractivity contribution in [3.8, 4) is 0 Å². The lowest BCUT2D eigenvalue weighted by Crippen LogP contribution is -2.45. The average molecular weight is 348 g/mol. The van der Waals surface area contributed by atoms with E-state index < -0.39 is 24.0 Å². The third kappa shape index (κ3) is 7.63. The van der Waals surface area contributed by atoms with E-state index in [1.54, 1.807) is 0 Å². The van der Waals surface area contributed by atoms with Gasteiger partial charge in [-0.25, -0.2) is 4.79 Å². The SMILES string of the molecule is C=CCOCC(NC(=O)CC(NC(C)=O)c1ccc(C)cc1)C(=O)O. The molecule has 2 amide bonds. The quantitative estimate of drug-likeness (QED) is 0.437. The number of nitrogens with one attached hydrogen (secondary N) is 2. The molecule has 0 heterocycles. The fourth-order valence-corrected chi connectivity index (χ4v) is 2.18. The number of aryl methyl sites for hydroxylation is 1. The molecule has 2 atom stereocenters. The number of hydrogen-bond acceptors (Lipinski definition) is 4. The van der Waals surface area contributed by atoms with Crippen LogP contribution in [0.3, 0.4) is 0 Å². The van der Waals surface area contributed by atoms with Gasteiger partial charge in [0.15, 0.2) is 6.04 Å². The van der Waals surface area contributed by atoms with Gasteiger partial charge in [-0.05, 0) is 12.5 Å². The second-order valence-corrected chi connectivity index (χ2v) is 5.65. The van der Waals surface area contributed by atoms with Gasteiger partial charge in [-0.3, -0.25) is 9.59 Å². The van der Waals surface area contributed by atoms with Crippen molar-refractivity contribution in [3.05, 3.63) is 48.0 Å². The van der Waals surface area contributed by atoms with Crippen molar-refractivity contribution in [2.24, 2.45) is 0 Å². The molecule has 0 aliphatic heterocycles. The molecule has 0 aromatic heterocycles. The zero-order valence-corrected chi connectivity index (χ0v) is 14.5. The zero-order valence-electron chi connectivity index (χ0n) is 14.5. The van der Waals surface area contributed by atoms with Crippen LogP contribution >= 0.6 is 0 Å². The lowest BCUT2D eigenvalue weighted by molar-refractivity contribution is -0.143. The molecule has 0 radical (unpaired) electrons. The Balaban J connectivity index is 2.75. The van der Waals surface area contributed by atoms with Crippen molar-refractivity contribution >= 4 is 17.8 Å². The Morgan fingerprint density at radius 1 is 1.24 bits per heavy atom. The second kappa shape index (κ2) is 10.2. The summed E-state index contributed by atoms with van der Waals surface area (Å²) in [5, 5.41) is 14.3. The average Bonchev–Trinajstić information content (AvgIpc) is 2.53. The number of benzene rings is 1. The molecule has 0 bridgehead atoms. The molecule has 0 spiro atoms. The standard InChI is InChI=1S/C18H24N2O5/c1-4-9-25-11-16(18(23)24)20-17(22)10-15(19-13(3)21)14-7-5-12(2)6-8-14/h4-8,15-16H,1,9-11H2,2-3H3,(H,19,21)(H,20,22)(H,23,24). The molecule has 136 valence electrons. The van der Waals surface area contributed by atoms with E-state index in [0.717, 1.165) is 11.1 Å². The first kappa shape index (κ1) is 20.4. The summed E-state index contributed by atoms with van der Waals surface area (Å²) in [7, 11) is 0. The van der Waals surface area contributed by atoms with E-state index in [0.29, 0.717) is 0 Å². The molecule has 1 aromatic carbocycles. The van der Waals surface area contributed by atoms with E-state index in [1.807, 2.05) is 31.2 Å². The smallest absolute Gasteiger partial charge is 0.328 e. The Bertz CT molecular complexity index is 612. The number of carboxylic acid groups (broad SMARTS) is 1. The summed E-state index contributed by atoms with van der Waals surface area (Å²) >= 11 is 0. The van der Waals surface area contributed by atoms with Crippen molar-refractivity contribution in [3.63, 3.8) is 0 Å². The van der Waals surface area contributed by atoms with Crippen LogP contribution in [0.4, 0.5) is 0 Å². The van der Waals surface area contributed by atoms with E-state index in [2.05, 4.69) is 17.2 Å². The first-order chi connectivity index (χ1) is 11.8. The Kier molecular flexibility index (Phi) is 8.35. The fourth-order valence-electron chi connectivity index (χ4n) is 2.18. The molecule has 3 N–H and O–H groups in total. The van der Waals surface area contributed by atoms with E-state index >= 15 is 0 Å². The molecular weight excluding hydrogens is 324 g/mol. The van der Waals surface area contributed by atoms with Crippen LogP contribution in [0, 0.1) is 6.92 Å². The first-order valence-corrected chi connectivity index (χ1v) is 7.88. The van der Waals surface area contributed by atoms with Crippen molar-refractivity contribution in [1.29, 1.82) is 0 Å². The molecule has 25 heavy (non-hydrogen) atoms. The van der Waals surface area contributed by atoms with Gasteiger partial charge in [0.25, 0.3) is 0 Å². The number of amides is 2. The first-order valence-electron chi connectivity index (χ1n) is 7.88. The van der Waals surface area contributed by atoms with Crippen LogP contribution in [0.1, 0.15) is 30.5 Å². The van der Waals surface area contributed by atoms with E-state index in [9.17, 15) is 14.4 Å². The lowest BCUT2D eigenvalue weighted by atomic mass is 10.0. The van der Waals surface area contributed by atoms with Crippen LogP contribution in [0.15, 0.2) is 36.9 Å². The van der Waals surface area contributed by atoms with Crippen LogP contribution < -0.4 is 10.6 Å². The highest BCUT2D eigenvalue weighted by molar-refractivity contribution is 5.84. The summed E-state index contributed by atoms with van der Waals surface area (Å²) in [6.07, 6.45) is 1.42. The highest BCUT2D eigenvalue weighted by atomic mass is 16.5. The molecular formula is C18H24N2O5. The van der Waals surface area contributed by atoms with Gasteiger partial charge < -0.3 is 20.5 Å². The number of aliphatic carboxylic acids is 1. The van der Waals surface area contributed by atoms with E-state index in [4.69, 9.17) is 9.84 Å². The summed E-state index contributed by atoms with van der Waals surface area (Å²) < 4.78 is 5.09. The largest absolute Gasteiger partial charge is 0.480 e. The highest BCUT2D eigenvalue weighted by Crippen LogP contribution is 2.17. The van der Waals surface area contributed by atoms with Gasteiger partial charge in [0.1, 0.15) is 0 Å². The minimum absolute atomic E-state index is 0.0755. The van der Waals surface area contributed by atoms with Crippen molar-refractivity contribution in [2.45, 2.75) is 32.4 Å². The van der Waals surface area contributed by atoms with Crippen molar-refractivity contribution < 1.29 is 24.2 Å². The van der Waals surface area contributed by atoms with Crippen LogP contribution in [-0.4, -0.2) is 42.1 Å². The molecule has 0 aliphatic rings. The Morgan fingerprint density at radius 2 is 1.88 bits per heavy atom. The Hall–Kier alpha value is -2.67. The van der Waals surface area contributed by atoms with Crippen LogP contribution in [0.5, 0.6) is 0 Å². The third-order valence-corrected chi connectivity index (χ3v) is 3.40. The maximum Gasteiger partial charge on any atom is 0.328 e. The van der Waals surface area contributed by atoms with Crippen molar-refractivity contribution in [1.82, 2.24) is 10.6 Å². The van der Waals surface area contributed by atoms with Crippen LogP contribution in [-0.2, 0) is 19.1 Å². The summed E-state index contributed by atoms with van der Waals surface area (Å²) in [4.78, 5) is 34.8. The molecule has 1 aromatic rings. The predicted molar refractivity (Wildman–Crippen MR) is 92.9 cm³/mol. The third-order valence-electron chi connectivity index (χ3n) is 3.40. The zero-order chi connectivity index (χ0) is 18.8. The van der Waals surface area contributed by atoms with Gasteiger partial charge in [-0.2, -0.15) is 0 Å². The monoisotopic (exact) mass is 348 g/mol. The Labute approximate surface area is 147 Å². The van der Waals surface area contributed by atoms with E-state index in [1.165, 1.54) is 13.0 Å². The molecule has 2 unspecified atom stereocenters. The fraction of sp³-hybridized carbons (Fsp3) is 0.389. The molecule has 0 saturated carbocycles. The minimum atomic E-state index is -1.19. The topological polar surface area (TPSA) is 105 Å². The number of ether oxygens (including phenoxy) is 1. The molecule has 0 saturated heterocycles. The molecule has 7 heteroatoms. The van der Waals surface area contributed by atoms with Gasteiger partial charge in [0, 0.05) is 6.92 Å². The summed E-state index contributed by atoms with van der Waals surface area (Å²) in [6.45, 7) is 6.80. The van der Waals surface area contributed by atoms with Gasteiger partial charge in [-0.15, -0.1) is 6.58 Å². The molecule has 7 nitrogen and oxygen atoms in total. The van der Waals surface area contributed by atoms with Crippen molar-refractivity contribution in [2.75, 3.05) is 13.2 Å². The van der Waals surface area contributed by atoms with Crippen LogP contribution in [0.25, 0.3) is 0 Å². The summed E-state index contributed by atoms with van der Waals surface area (Å²) in [5.74, 6) is -1.96. The normalized spacial score (nSPS) is 12.7. The van der Waals surface area contributed by atoms with Gasteiger partial charge in [0.2, 0.25) is 11.8 Å². The highest BCUT2D eigenvalue weighted by Gasteiger charge is 2.23. The molecule has 0 aliphatic carbocycles. The predicted octanol–water partition coefficient (Wildman–Crippen LogP) is 1.33. The maximum absolute atomic E-state index is 12.2. The summed E-state index contributed by atoms with van der Waals surface area (Å²) in [6, 6.07) is 5.71. The summed E-state index contributed by atoms with van der Waals surface area (Å²) in [5.41, 5.74) is 1.82. The lowest BCUT2D eigenvalue weighted by Gasteiger charge is -2.20. The Morgan fingerprint density at radius 3 is 2.40 bits per heavy atom. The number of hydrogen-bond donors (Lipinski definition) is 3. The number of carboxylic acids is 1. The van der Waals surface area contributed by atoms with Gasteiger partial charge in [0.05, 0.1) is 25.7 Å². The number of carbonyl (C=O) groups excluding carboxylic acids is 2. The number of carbonyl (C=O) groups is 3. The second-order valence-electron chi connectivity index (χ2n) is 5.65. The maximum atomic E-state index is 12.2. The van der Waals surface area contributed by atoms with E-state index in [-0.39, 0.29) is 25.5 Å².